The number of hydrogen-bond acceptors (Lipinski definition) is 3. The molecule has 0 amide bonds. The van der Waals surface area contributed by atoms with Crippen molar-refractivity contribution in [2.24, 2.45) is 11.1 Å². The average molecular weight is 244 g/mol. The third kappa shape index (κ3) is 2.04. The molecule has 1 saturated carbocycles. The van der Waals surface area contributed by atoms with Gasteiger partial charge in [-0.05, 0) is 30.9 Å². The molecular formula is C15H20N2O. The minimum Gasteiger partial charge on any atom is -0.464 e. The molecule has 1 aromatic heterocycles. The molecule has 1 aliphatic carbocycles. The predicted molar refractivity (Wildman–Crippen MR) is 73.3 cm³/mol. The van der Waals surface area contributed by atoms with Crippen LogP contribution in [0.5, 0.6) is 0 Å². The summed E-state index contributed by atoms with van der Waals surface area (Å²) in [5.74, 6) is 0. The van der Waals surface area contributed by atoms with Crippen LogP contribution in [0.3, 0.4) is 0 Å². The average Bonchev–Trinajstić information content (AvgIpc) is 2.76. The number of para-hydroxylation sites is 1. The molecule has 2 aromatic rings. The Morgan fingerprint density at radius 1 is 1.28 bits per heavy atom. The number of furan rings is 1. The van der Waals surface area contributed by atoms with Crippen LogP contribution in [0.1, 0.15) is 24.8 Å². The maximum Gasteiger partial charge on any atom is 0.134 e. The van der Waals surface area contributed by atoms with E-state index in [-0.39, 0.29) is 0 Å². The normalized spacial score (nSPS) is 17.8. The summed E-state index contributed by atoms with van der Waals surface area (Å²) in [6, 6.07) is 8.17. The molecule has 1 fully saturated rings. The lowest BCUT2D eigenvalue weighted by atomic mass is 9.69. The molecule has 96 valence electrons. The summed E-state index contributed by atoms with van der Waals surface area (Å²) < 4.78 is 5.53. The molecule has 0 unspecified atom stereocenters. The van der Waals surface area contributed by atoms with Crippen molar-refractivity contribution in [1.82, 2.24) is 5.32 Å². The fraction of sp³-hybridized carbons (Fsp3) is 0.467. The quantitative estimate of drug-likeness (QED) is 0.850. The van der Waals surface area contributed by atoms with Crippen molar-refractivity contribution in [3.63, 3.8) is 0 Å². The molecule has 3 heteroatoms. The zero-order chi connectivity index (χ0) is 12.4. The smallest absolute Gasteiger partial charge is 0.134 e. The van der Waals surface area contributed by atoms with Crippen LogP contribution in [0.25, 0.3) is 11.0 Å². The Balaban J connectivity index is 1.63. The summed E-state index contributed by atoms with van der Waals surface area (Å²) in [6.45, 7) is 2.67. The minimum absolute atomic E-state index is 0.361. The topological polar surface area (TPSA) is 51.2 Å². The number of benzene rings is 1. The molecule has 18 heavy (non-hydrogen) atoms. The van der Waals surface area contributed by atoms with E-state index in [1.54, 1.807) is 0 Å². The Bertz CT molecular complexity index is 523. The molecule has 0 bridgehead atoms. The van der Waals surface area contributed by atoms with E-state index in [0.717, 1.165) is 25.2 Å². The van der Waals surface area contributed by atoms with Gasteiger partial charge in [0.2, 0.25) is 0 Å². The third-order valence-electron chi connectivity index (χ3n) is 4.22. The van der Waals surface area contributed by atoms with Gasteiger partial charge in [0, 0.05) is 24.0 Å². The number of nitrogens with two attached hydrogens (primary N) is 1. The van der Waals surface area contributed by atoms with Crippen molar-refractivity contribution in [3.8, 4) is 0 Å². The first kappa shape index (κ1) is 11.8. The van der Waals surface area contributed by atoms with Gasteiger partial charge in [-0.25, -0.2) is 0 Å². The van der Waals surface area contributed by atoms with Crippen molar-refractivity contribution in [1.29, 1.82) is 0 Å². The zero-order valence-electron chi connectivity index (χ0n) is 10.6. The van der Waals surface area contributed by atoms with E-state index in [4.69, 9.17) is 10.2 Å². The van der Waals surface area contributed by atoms with E-state index in [1.807, 2.05) is 18.4 Å². The van der Waals surface area contributed by atoms with E-state index in [9.17, 15) is 0 Å². The maximum absolute atomic E-state index is 5.86. The standard InChI is InChI=1S/C15H20N2O/c16-10-15(6-3-7-15)11-17-8-12-9-18-14-5-2-1-4-13(12)14/h1-2,4-5,9,17H,3,6-8,10-11,16H2. The second-order valence-corrected chi connectivity index (χ2v) is 5.42. The summed E-state index contributed by atoms with van der Waals surface area (Å²) >= 11 is 0. The van der Waals surface area contributed by atoms with Gasteiger partial charge < -0.3 is 15.5 Å². The lowest BCUT2D eigenvalue weighted by Crippen LogP contribution is -2.45. The zero-order valence-corrected chi connectivity index (χ0v) is 10.6. The van der Waals surface area contributed by atoms with E-state index in [1.165, 1.54) is 30.2 Å². The molecule has 1 heterocycles. The largest absolute Gasteiger partial charge is 0.464 e. The van der Waals surface area contributed by atoms with Crippen molar-refractivity contribution < 1.29 is 4.42 Å². The first-order valence-electron chi connectivity index (χ1n) is 6.69. The molecule has 3 rings (SSSR count). The Morgan fingerprint density at radius 2 is 2.11 bits per heavy atom. The lowest BCUT2D eigenvalue weighted by Gasteiger charge is -2.41. The summed E-state index contributed by atoms with van der Waals surface area (Å²) in [5.41, 5.74) is 8.42. The number of nitrogens with one attached hydrogen (secondary N) is 1. The molecular weight excluding hydrogens is 224 g/mol. The molecule has 0 aliphatic heterocycles. The summed E-state index contributed by atoms with van der Waals surface area (Å²) in [4.78, 5) is 0. The maximum atomic E-state index is 5.86. The van der Waals surface area contributed by atoms with Gasteiger partial charge in [0.25, 0.3) is 0 Å². The van der Waals surface area contributed by atoms with E-state index in [0.29, 0.717) is 5.41 Å². The van der Waals surface area contributed by atoms with Gasteiger partial charge >= 0.3 is 0 Å². The first-order valence-corrected chi connectivity index (χ1v) is 6.69. The van der Waals surface area contributed by atoms with Crippen LogP contribution in [0.4, 0.5) is 0 Å². The van der Waals surface area contributed by atoms with Crippen LogP contribution in [0.2, 0.25) is 0 Å². The molecule has 0 spiro atoms. The van der Waals surface area contributed by atoms with Gasteiger partial charge in [-0.2, -0.15) is 0 Å². The second kappa shape index (κ2) is 4.75. The Kier molecular flexibility index (Phi) is 3.10. The van der Waals surface area contributed by atoms with E-state index in [2.05, 4.69) is 17.4 Å². The fourth-order valence-electron chi connectivity index (χ4n) is 2.76. The lowest BCUT2D eigenvalue weighted by molar-refractivity contribution is 0.141. The summed E-state index contributed by atoms with van der Waals surface area (Å²) in [7, 11) is 0. The number of rotatable bonds is 5. The van der Waals surface area contributed by atoms with Crippen molar-refractivity contribution in [2.75, 3.05) is 13.1 Å². The molecule has 3 nitrogen and oxygen atoms in total. The highest BCUT2D eigenvalue weighted by Gasteiger charge is 2.34. The van der Waals surface area contributed by atoms with Crippen LogP contribution in [-0.2, 0) is 6.54 Å². The molecule has 1 aromatic carbocycles. The molecule has 0 radical (unpaired) electrons. The van der Waals surface area contributed by atoms with Gasteiger partial charge in [0.1, 0.15) is 5.58 Å². The van der Waals surface area contributed by atoms with Crippen molar-refractivity contribution in [2.45, 2.75) is 25.8 Å². The summed E-state index contributed by atoms with van der Waals surface area (Å²) in [5, 5.41) is 4.74. The summed E-state index contributed by atoms with van der Waals surface area (Å²) in [6.07, 6.45) is 5.71. The van der Waals surface area contributed by atoms with E-state index < -0.39 is 0 Å². The van der Waals surface area contributed by atoms with Gasteiger partial charge in [-0.3, -0.25) is 0 Å². The first-order chi connectivity index (χ1) is 8.83. The fourth-order valence-corrected chi connectivity index (χ4v) is 2.76. The van der Waals surface area contributed by atoms with Crippen molar-refractivity contribution in [3.05, 3.63) is 36.1 Å². The Labute approximate surface area is 107 Å². The van der Waals surface area contributed by atoms with Crippen LogP contribution in [-0.4, -0.2) is 13.1 Å². The Hall–Kier alpha value is -1.32. The monoisotopic (exact) mass is 244 g/mol. The van der Waals surface area contributed by atoms with Crippen LogP contribution < -0.4 is 11.1 Å². The predicted octanol–water partition coefficient (Wildman–Crippen LogP) is 2.65. The van der Waals surface area contributed by atoms with Gasteiger partial charge in [-0.15, -0.1) is 0 Å². The Morgan fingerprint density at radius 3 is 2.83 bits per heavy atom. The second-order valence-electron chi connectivity index (χ2n) is 5.42. The highest BCUT2D eigenvalue weighted by Crippen LogP contribution is 2.39. The van der Waals surface area contributed by atoms with E-state index >= 15 is 0 Å². The van der Waals surface area contributed by atoms with Gasteiger partial charge in [-0.1, -0.05) is 24.6 Å². The van der Waals surface area contributed by atoms with Crippen molar-refractivity contribution >= 4 is 11.0 Å². The highest BCUT2D eigenvalue weighted by molar-refractivity contribution is 5.80. The van der Waals surface area contributed by atoms with Crippen LogP contribution >= 0.6 is 0 Å². The van der Waals surface area contributed by atoms with Gasteiger partial charge in [0.05, 0.1) is 6.26 Å². The van der Waals surface area contributed by atoms with Gasteiger partial charge in [0.15, 0.2) is 0 Å². The molecule has 0 saturated heterocycles. The number of fused-ring (bicyclic) bond motifs is 1. The SMILES string of the molecule is NCC1(CNCc2coc3ccccc23)CCC1. The molecule has 0 atom stereocenters. The minimum atomic E-state index is 0.361. The highest BCUT2D eigenvalue weighted by atomic mass is 16.3. The number of hydrogen-bond donors (Lipinski definition) is 2. The van der Waals surface area contributed by atoms with Crippen LogP contribution in [0.15, 0.2) is 34.9 Å². The third-order valence-corrected chi connectivity index (χ3v) is 4.22. The molecule has 3 N–H and O–H groups in total. The van der Waals surface area contributed by atoms with Crippen LogP contribution in [0, 0.1) is 5.41 Å². The molecule has 1 aliphatic rings.